The van der Waals surface area contributed by atoms with Gasteiger partial charge in [0.1, 0.15) is 5.75 Å². The first-order valence-electron chi connectivity index (χ1n) is 7.05. The zero-order valence-corrected chi connectivity index (χ0v) is 13.0. The number of hydrogen-bond donors (Lipinski definition) is 2. The first-order chi connectivity index (χ1) is 9.16. The normalized spacial score (nSPS) is 19.1. The van der Waals surface area contributed by atoms with Gasteiger partial charge < -0.3 is 19.9 Å². The van der Waals surface area contributed by atoms with Crippen LogP contribution in [0, 0.1) is 0 Å². The van der Waals surface area contributed by atoms with Crippen molar-refractivity contribution in [1.29, 1.82) is 0 Å². The lowest BCUT2D eigenvalue weighted by Gasteiger charge is -2.33. The van der Waals surface area contributed by atoms with E-state index in [1.807, 2.05) is 32.0 Å². The van der Waals surface area contributed by atoms with Crippen molar-refractivity contribution in [3.8, 4) is 5.75 Å². The molecule has 1 atom stereocenters. The summed E-state index contributed by atoms with van der Waals surface area (Å²) in [6, 6.07) is 5.78. The number of hydrogen-bond acceptors (Lipinski definition) is 4. The molecule has 112 valence electrons. The van der Waals surface area contributed by atoms with Crippen molar-refractivity contribution in [1.82, 2.24) is 5.32 Å². The summed E-state index contributed by atoms with van der Waals surface area (Å²) < 4.78 is 11.4. The van der Waals surface area contributed by atoms with E-state index in [-0.39, 0.29) is 5.54 Å². The van der Waals surface area contributed by atoms with Crippen molar-refractivity contribution in [2.75, 3.05) is 6.54 Å². The van der Waals surface area contributed by atoms with Gasteiger partial charge in [0.05, 0.1) is 12.7 Å². The van der Waals surface area contributed by atoms with E-state index >= 15 is 0 Å². The Hall–Kier alpha value is -1.10. The molecule has 2 rings (SSSR count). The number of nitrogens with one attached hydrogen (secondary N) is 1. The highest BCUT2D eigenvalue weighted by molar-refractivity contribution is 5.39. The van der Waals surface area contributed by atoms with Gasteiger partial charge in [0.2, 0.25) is 5.79 Å². The number of fused-ring (bicyclic) bond motifs is 1. The molecule has 0 saturated heterocycles. The molecule has 0 amide bonds. The Morgan fingerprint density at radius 3 is 2.70 bits per heavy atom. The Morgan fingerprint density at radius 1 is 1.35 bits per heavy atom. The van der Waals surface area contributed by atoms with E-state index in [4.69, 9.17) is 9.47 Å². The maximum atomic E-state index is 10.2. The van der Waals surface area contributed by atoms with E-state index in [1.165, 1.54) is 0 Å². The summed E-state index contributed by atoms with van der Waals surface area (Å²) in [6.45, 7) is 11.1. The highest BCUT2D eigenvalue weighted by Gasteiger charge is 2.27. The van der Waals surface area contributed by atoms with Crippen molar-refractivity contribution >= 4 is 0 Å². The Kier molecular flexibility index (Phi) is 4.09. The van der Waals surface area contributed by atoms with E-state index in [2.05, 4.69) is 26.1 Å². The molecule has 2 N–H and O–H groups in total. The lowest BCUT2D eigenvalue weighted by molar-refractivity contribution is -0.180. The predicted molar refractivity (Wildman–Crippen MR) is 78.7 cm³/mol. The smallest absolute Gasteiger partial charge is 0.205 e. The Morgan fingerprint density at radius 2 is 2.05 bits per heavy atom. The van der Waals surface area contributed by atoms with Crippen LogP contribution in [-0.4, -0.2) is 23.0 Å². The van der Waals surface area contributed by atoms with Crippen LogP contribution in [0.1, 0.15) is 51.8 Å². The van der Waals surface area contributed by atoms with Crippen LogP contribution in [0.15, 0.2) is 18.2 Å². The average Bonchev–Trinajstić information content (AvgIpc) is 2.33. The van der Waals surface area contributed by atoms with Gasteiger partial charge in [-0.25, -0.2) is 0 Å². The van der Waals surface area contributed by atoms with E-state index in [1.54, 1.807) is 0 Å². The molecular weight excluding hydrogens is 254 g/mol. The van der Waals surface area contributed by atoms with E-state index in [0.29, 0.717) is 13.2 Å². The Labute approximate surface area is 121 Å². The summed E-state index contributed by atoms with van der Waals surface area (Å²) in [5, 5.41) is 13.5. The number of benzene rings is 1. The Bertz CT molecular complexity index is 477. The summed E-state index contributed by atoms with van der Waals surface area (Å²) >= 11 is 0. The van der Waals surface area contributed by atoms with Gasteiger partial charge in [0, 0.05) is 31.5 Å². The van der Waals surface area contributed by atoms with E-state index < -0.39 is 11.9 Å². The first kappa shape index (κ1) is 15.3. The molecule has 0 aromatic heterocycles. The molecule has 1 aliphatic heterocycles. The summed E-state index contributed by atoms with van der Waals surface area (Å²) in [4.78, 5) is 0. The number of aliphatic hydroxyl groups is 1. The fraction of sp³-hybridized carbons (Fsp3) is 0.625. The van der Waals surface area contributed by atoms with Crippen molar-refractivity contribution in [3.63, 3.8) is 0 Å². The maximum Gasteiger partial charge on any atom is 0.205 e. The van der Waals surface area contributed by atoms with Gasteiger partial charge in [-0.15, -0.1) is 0 Å². The van der Waals surface area contributed by atoms with Crippen molar-refractivity contribution in [2.45, 2.75) is 58.7 Å². The van der Waals surface area contributed by atoms with Crippen LogP contribution < -0.4 is 10.1 Å². The second-order valence-electron chi connectivity index (χ2n) is 6.80. The number of rotatable bonds is 3. The van der Waals surface area contributed by atoms with Crippen LogP contribution in [0.25, 0.3) is 0 Å². The van der Waals surface area contributed by atoms with Crippen LogP contribution in [0.5, 0.6) is 5.75 Å². The minimum absolute atomic E-state index is 0.00850. The molecule has 1 heterocycles. The fourth-order valence-electron chi connectivity index (χ4n) is 2.09. The highest BCUT2D eigenvalue weighted by Crippen LogP contribution is 2.32. The van der Waals surface area contributed by atoms with Gasteiger partial charge >= 0.3 is 0 Å². The Balaban J connectivity index is 2.08. The third-order valence-corrected chi connectivity index (χ3v) is 3.23. The topological polar surface area (TPSA) is 50.7 Å². The molecule has 0 bridgehead atoms. The zero-order valence-electron chi connectivity index (χ0n) is 13.0. The van der Waals surface area contributed by atoms with Gasteiger partial charge in [-0.3, -0.25) is 0 Å². The van der Waals surface area contributed by atoms with E-state index in [9.17, 15) is 5.11 Å². The largest absolute Gasteiger partial charge is 0.463 e. The molecule has 0 saturated carbocycles. The van der Waals surface area contributed by atoms with Crippen LogP contribution in [0.3, 0.4) is 0 Å². The lowest BCUT2D eigenvalue weighted by atomic mass is 10.0. The van der Waals surface area contributed by atoms with Crippen LogP contribution in [-0.2, 0) is 11.3 Å². The van der Waals surface area contributed by atoms with Crippen LogP contribution in [0.4, 0.5) is 0 Å². The third-order valence-electron chi connectivity index (χ3n) is 3.23. The average molecular weight is 279 g/mol. The minimum atomic E-state index is -0.582. The molecule has 1 aliphatic rings. The molecule has 4 heteroatoms. The molecule has 1 aromatic carbocycles. The third kappa shape index (κ3) is 3.95. The van der Waals surface area contributed by atoms with E-state index in [0.717, 1.165) is 16.9 Å². The molecule has 0 radical (unpaired) electrons. The number of aliphatic hydroxyl groups excluding tert-OH is 1. The van der Waals surface area contributed by atoms with Gasteiger partial charge in [0.25, 0.3) is 0 Å². The van der Waals surface area contributed by atoms with Crippen molar-refractivity contribution in [2.24, 2.45) is 0 Å². The van der Waals surface area contributed by atoms with Gasteiger partial charge in [0.15, 0.2) is 0 Å². The molecule has 0 spiro atoms. The predicted octanol–water partition coefficient (Wildman–Crippen LogP) is 2.75. The number of β-amino-alcohol motifs (C(OH)–C–C–N with tert-alkyl or cyclic N) is 1. The fourth-order valence-corrected chi connectivity index (χ4v) is 2.09. The molecule has 20 heavy (non-hydrogen) atoms. The van der Waals surface area contributed by atoms with Gasteiger partial charge in [-0.2, -0.15) is 0 Å². The SMILES string of the molecule is CC(C)(C)NC[C@@H](O)c1ccc2c(c1)COC(C)(C)O2. The second-order valence-corrected chi connectivity index (χ2v) is 6.80. The summed E-state index contributed by atoms with van der Waals surface area (Å²) in [5.41, 5.74) is 1.86. The lowest BCUT2D eigenvalue weighted by Crippen LogP contribution is -2.38. The summed E-state index contributed by atoms with van der Waals surface area (Å²) in [6.07, 6.45) is -0.533. The summed E-state index contributed by atoms with van der Waals surface area (Å²) in [5.74, 6) is 0.252. The quantitative estimate of drug-likeness (QED) is 0.893. The standard InChI is InChI=1S/C16H25NO3/c1-15(2,3)17-9-13(18)11-6-7-14-12(8-11)10-19-16(4,5)20-14/h6-8,13,17-18H,9-10H2,1-5H3/t13-/m1/s1. The van der Waals surface area contributed by atoms with Gasteiger partial charge in [-0.05, 0) is 38.5 Å². The van der Waals surface area contributed by atoms with Crippen LogP contribution >= 0.6 is 0 Å². The second kappa shape index (κ2) is 5.35. The minimum Gasteiger partial charge on any atom is -0.463 e. The maximum absolute atomic E-state index is 10.2. The van der Waals surface area contributed by atoms with Gasteiger partial charge in [-0.1, -0.05) is 6.07 Å². The van der Waals surface area contributed by atoms with Crippen molar-refractivity contribution < 1.29 is 14.6 Å². The molecule has 0 unspecified atom stereocenters. The molecule has 0 aliphatic carbocycles. The van der Waals surface area contributed by atoms with Crippen molar-refractivity contribution in [3.05, 3.63) is 29.3 Å². The number of ether oxygens (including phenoxy) is 2. The monoisotopic (exact) mass is 279 g/mol. The summed E-state index contributed by atoms with van der Waals surface area (Å²) in [7, 11) is 0. The highest BCUT2D eigenvalue weighted by atomic mass is 16.7. The molecular formula is C16H25NO3. The van der Waals surface area contributed by atoms with Crippen LogP contribution in [0.2, 0.25) is 0 Å². The first-order valence-corrected chi connectivity index (χ1v) is 7.05. The molecule has 4 nitrogen and oxygen atoms in total. The molecule has 1 aromatic rings. The zero-order chi connectivity index (χ0) is 15.0. The molecule has 0 fully saturated rings.